The molecule has 0 amide bonds. The first kappa shape index (κ1) is 34.2. The number of rotatable bonds is 7. The van der Waals surface area contributed by atoms with Gasteiger partial charge in [0.05, 0.1) is 11.4 Å². The van der Waals surface area contributed by atoms with Crippen molar-refractivity contribution >= 4 is 11.4 Å². The minimum atomic E-state index is -0.230. The Balaban J connectivity index is 1.08. The van der Waals surface area contributed by atoms with Gasteiger partial charge in [-0.25, -0.2) is 0 Å². The van der Waals surface area contributed by atoms with E-state index in [1.165, 1.54) is 81.8 Å². The van der Waals surface area contributed by atoms with Gasteiger partial charge in [-0.05, 0) is 175 Å². The summed E-state index contributed by atoms with van der Waals surface area (Å²) < 4.78 is 12.5. The van der Waals surface area contributed by atoms with Gasteiger partial charge in [-0.1, -0.05) is 52.0 Å². The quantitative estimate of drug-likeness (QED) is 0.112. The van der Waals surface area contributed by atoms with Gasteiger partial charge in [-0.2, -0.15) is 0 Å². The molecular formula is C48H56N2O4. The molecule has 6 nitrogen and oxygen atoms in total. The zero-order valence-corrected chi connectivity index (χ0v) is 32.4. The number of phenols is 2. The zero-order valence-electron chi connectivity index (χ0n) is 32.4. The van der Waals surface area contributed by atoms with Gasteiger partial charge in [0.2, 0.25) is 0 Å². The summed E-state index contributed by atoms with van der Waals surface area (Å²) in [6, 6.07) is 27.9. The second-order valence-corrected chi connectivity index (χ2v) is 20.6. The SMILES string of the molecule is CC12CC3CC(C)(C1)CC(C14CC5CC(C)(C1)C(c1ccc(Oc6ccc(N)c(O)c6)cc1)(c1ccc(Oc6ccc(N)c(O)c6)cc1)C(C)(C5)C4)(C3)C2. The van der Waals surface area contributed by atoms with Crippen LogP contribution < -0.4 is 20.9 Å². The number of nitrogens with two attached hydrogens (primary N) is 2. The molecule has 282 valence electrons. The highest BCUT2D eigenvalue weighted by atomic mass is 16.5. The summed E-state index contributed by atoms with van der Waals surface area (Å²) in [5, 5.41) is 20.5. The van der Waals surface area contributed by atoms with E-state index in [1.54, 1.807) is 36.4 Å². The van der Waals surface area contributed by atoms with Crippen LogP contribution in [0.15, 0.2) is 84.9 Å². The molecule has 8 saturated carbocycles. The van der Waals surface area contributed by atoms with Crippen molar-refractivity contribution in [3.05, 3.63) is 96.1 Å². The van der Waals surface area contributed by atoms with Crippen LogP contribution in [0.4, 0.5) is 11.4 Å². The molecule has 0 heterocycles. The number of anilines is 2. The Labute approximate surface area is 320 Å². The fourth-order valence-electron chi connectivity index (χ4n) is 16.4. The third-order valence-corrected chi connectivity index (χ3v) is 16.2. The summed E-state index contributed by atoms with van der Waals surface area (Å²) in [6.07, 6.45) is 15.1. The first-order chi connectivity index (χ1) is 25.6. The molecule has 0 spiro atoms. The Bertz CT molecular complexity index is 2020. The highest BCUT2D eigenvalue weighted by molar-refractivity contribution is 5.57. The second-order valence-electron chi connectivity index (χ2n) is 20.6. The van der Waals surface area contributed by atoms with Gasteiger partial charge in [-0.15, -0.1) is 0 Å². The first-order valence-electron chi connectivity index (χ1n) is 20.3. The van der Waals surface area contributed by atoms with Crippen LogP contribution in [0.1, 0.15) is 109 Å². The smallest absolute Gasteiger partial charge is 0.142 e. The van der Waals surface area contributed by atoms with E-state index in [9.17, 15) is 10.2 Å². The average molecular weight is 725 g/mol. The predicted octanol–water partition coefficient (Wildman–Crippen LogP) is 11.7. The standard InChI is InChI=1S/C48H56N2O4/c1-42-19-30-20-43(2,25-42)27-46(23-30,26-42)47-24-31-21-44(3,28-47)48(45(4,22-31)29-47,32-5-9-34(10-6-32)53-36-13-15-38(49)40(51)17-36)33-7-11-35(12-8-33)54-37-14-16-39(50)41(52)18-37/h5-18,30-31,51-52H,19-29,49-50H2,1-4H3. The molecule has 54 heavy (non-hydrogen) atoms. The van der Waals surface area contributed by atoms with E-state index in [0.717, 1.165) is 23.3 Å². The second kappa shape index (κ2) is 10.9. The molecule has 8 aliphatic rings. The Morgan fingerprint density at radius 3 is 1.28 bits per heavy atom. The van der Waals surface area contributed by atoms with Crippen LogP contribution in [0.3, 0.4) is 0 Å². The Hall–Kier alpha value is -4.32. The lowest BCUT2D eigenvalue weighted by Gasteiger charge is -2.81. The summed E-state index contributed by atoms with van der Waals surface area (Å²) in [5.74, 6) is 4.26. The molecule has 0 aliphatic heterocycles. The number of benzene rings is 4. The number of aromatic hydroxyl groups is 2. The maximum Gasteiger partial charge on any atom is 0.142 e. The van der Waals surface area contributed by atoms with E-state index >= 15 is 0 Å². The van der Waals surface area contributed by atoms with E-state index < -0.39 is 0 Å². The van der Waals surface area contributed by atoms with Crippen molar-refractivity contribution in [3.63, 3.8) is 0 Å². The summed E-state index contributed by atoms with van der Waals surface area (Å²) in [6.45, 7) is 10.6. The van der Waals surface area contributed by atoms with Crippen molar-refractivity contribution in [1.29, 1.82) is 0 Å². The number of nitrogen functional groups attached to an aromatic ring is 2. The van der Waals surface area contributed by atoms with Gasteiger partial charge in [0.1, 0.15) is 34.5 Å². The third kappa shape index (κ3) is 4.70. The van der Waals surface area contributed by atoms with Gasteiger partial charge in [0.25, 0.3) is 0 Å². The number of ether oxygens (including phenoxy) is 2. The predicted molar refractivity (Wildman–Crippen MR) is 214 cm³/mol. The number of hydrogen-bond donors (Lipinski definition) is 4. The van der Waals surface area contributed by atoms with E-state index in [0.29, 0.717) is 44.5 Å². The molecule has 12 rings (SSSR count). The summed E-state index contributed by atoms with van der Waals surface area (Å²) in [7, 11) is 0. The molecule has 0 saturated heterocycles. The van der Waals surface area contributed by atoms with Crippen LogP contribution in [-0.4, -0.2) is 10.2 Å². The van der Waals surface area contributed by atoms with E-state index in [2.05, 4.69) is 76.2 Å². The minimum Gasteiger partial charge on any atom is -0.506 e. The largest absolute Gasteiger partial charge is 0.506 e. The van der Waals surface area contributed by atoms with Crippen molar-refractivity contribution in [2.45, 2.75) is 104 Å². The maximum absolute atomic E-state index is 10.2. The normalized spacial score (nSPS) is 38.1. The van der Waals surface area contributed by atoms with E-state index in [-0.39, 0.29) is 27.7 Å². The molecule has 4 unspecified atom stereocenters. The van der Waals surface area contributed by atoms with Crippen molar-refractivity contribution in [1.82, 2.24) is 0 Å². The fourth-order valence-corrected chi connectivity index (χ4v) is 16.4. The lowest BCUT2D eigenvalue weighted by Crippen LogP contribution is -2.73. The molecular weight excluding hydrogens is 669 g/mol. The fraction of sp³-hybridized carbons (Fsp3) is 0.500. The summed E-state index contributed by atoms with van der Waals surface area (Å²) >= 11 is 0. The van der Waals surface area contributed by atoms with Crippen molar-refractivity contribution < 1.29 is 19.7 Å². The molecule has 6 heteroatoms. The van der Waals surface area contributed by atoms with Gasteiger partial charge in [-0.3, -0.25) is 0 Å². The lowest BCUT2D eigenvalue weighted by atomic mass is 9.23. The Kier molecular flexibility index (Phi) is 6.91. The molecule has 0 aromatic heterocycles. The van der Waals surface area contributed by atoms with Crippen molar-refractivity contribution in [3.8, 4) is 34.5 Å². The highest BCUT2D eigenvalue weighted by Crippen LogP contribution is 2.85. The van der Waals surface area contributed by atoms with E-state index in [1.807, 2.05) is 0 Å². The maximum atomic E-state index is 10.2. The van der Waals surface area contributed by atoms with Crippen LogP contribution in [0.5, 0.6) is 34.5 Å². The molecule has 8 bridgehead atoms. The first-order valence-corrected chi connectivity index (χ1v) is 20.3. The van der Waals surface area contributed by atoms with Crippen molar-refractivity contribution in [2.24, 2.45) is 44.3 Å². The van der Waals surface area contributed by atoms with Gasteiger partial charge in [0, 0.05) is 17.5 Å². The summed E-state index contributed by atoms with van der Waals surface area (Å²) in [5.41, 5.74) is 16.8. The average Bonchev–Trinajstić information content (AvgIpc) is 3.07. The van der Waals surface area contributed by atoms with Crippen LogP contribution in [-0.2, 0) is 5.41 Å². The van der Waals surface area contributed by atoms with Gasteiger partial charge in [0.15, 0.2) is 0 Å². The lowest BCUT2D eigenvalue weighted by molar-refractivity contribution is -0.284. The molecule has 8 aliphatic carbocycles. The van der Waals surface area contributed by atoms with Gasteiger partial charge < -0.3 is 31.2 Å². The molecule has 8 fully saturated rings. The molecule has 4 aromatic carbocycles. The molecule has 0 radical (unpaired) electrons. The topological polar surface area (TPSA) is 111 Å². The Morgan fingerprint density at radius 2 is 0.870 bits per heavy atom. The summed E-state index contributed by atoms with van der Waals surface area (Å²) in [4.78, 5) is 0. The molecule has 4 atom stereocenters. The van der Waals surface area contributed by atoms with Crippen LogP contribution in [0.2, 0.25) is 0 Å². The molecule has 4 aromatic rings. The van der Waals surface area contributed by atoms with Crippen LogP contribution >= 0.6 is 0 Å². The third-order valence-electron chi connectivity index (χ3n) is 16.2. The number of phenolic OH excluding ortho intramolecular Hbond substituents is 2. The molecule has 6 N–H and O–H groups in total. The van der Waals surface area contributed by atoms with E-state index in [4.69, 9.17) is 20.9 Å². The Morgan fingerprint density at radius 1 is 0.481 bits per heavy atom. The number of hydrogen-bond acceptors (Lipinski definition) is 6. The minimum absolute atomic E-state index is 0.0223. The van der Waals surface area contributed by atoms with Gasteiger partial charge >= 0.3 is 0 Å². The van der Waals surface area contributed by atoms with Crippen LogP contribution in [0, 0.1) is 44.3 Å². The monoisotopic (exact) mass is 724 g/mol. The zero-order chi connectivity index (χ0) is 37.5. The highest BCUT2D eigenvalue weighted by Gasteiger charge is 2.78. The van der Waals surface area contributed by atoms with Crippen molar-refractivity contribution in [2.75, 3.05) is 11.5 Å². The van der Waals surface area contributed by atoms with Crippen LogP contribution in [0.25, 0.3) is 0 Å².